The van der Waals surface area contributed by atoms with Crippen molar-refractivity contribution in [3.8, 4) is 0 Å². The van der Waals surface area contributed by atoms with E-state index < -0.39 is 24.0 Å². The molecule has 25 heavy (non-hydrogen) atoms. The van der Waals surface area contributed by atoms with Crippen LogP contribution in [0, 0.1) is 0 Å². The number of aliphatic imine (C=N–C) groups is 2. The molecule has 0 radical (unpaired) electrons. The summed E-state index contributed by atoms with van der Waals surface area (Å²) in [7, 11) is 0. The second-order valence-electron chi connectivity index (χ2n) is 4.80. The predicted molar refractivity (Wildman–Crippen MR) is 85.7 cm³/mol. The standard InChI is InChI=1S/2C8H10N2O2.Zn/c2*1-6(8(11)12)10-5-7-3-2-4-9-7;/h2*2-6,9H,1H3,(H,11,12);/q;;+2/p-2/t2*6-;/m00./s1. The fourth-order valence-corrected chi connectivity index (χ4v) is 1.35. The van der Waals surface area contributed by atoms with Gasteiger partial charge in [0.25, 0.3) is 0 Å². The Kier molecular flexibility index (Phi) is 10.7. The van der Waals surface area contributed by atoms with E-state index >= 15 is 0 Å². The van der Waals surface area contributed by atoms with Crippen molar-refractivity contribution in [1.82, 2.24) is 9.97 Å². The quantitative estimate of drug-likeness (QED) is 0.485. The SMILES string of the molecule is C[C@H](N=Cc1ccc[nH]1)C(=O)[O-].C[C@H](N=Cc1ccc[nH]1)C(=O)[O-].[Zn+2]. The number of aliphatic carboxylic acids is 2. The van der Waals surface area contributed by atoms with Crippen LogP contribution in [0.4, 0.5) is 0 Å². The average Bonchev–Trinajstić information content (AvgIpc) is 3.23. The van der Waals surface area contributed by atoms with Gasteiger partial charge in [0.1, 0.15) is 0 Å². The topological polar surface area (TPSA) is 137 Å². The van der Waals surface area contributed by atoms with E-state index in [0.29, 0.717) is 0 Å². The zero-order valence-electron chi connectivity index (χ0n) is 14.0. The van der Waals surface area contributed by atoms with Crippen LogP contribution in [-0.2, 0) is 29.1 Å². The minimum absolute atomic E-state index is 0. The molecule has 0 aromatic carbocycles. The Labute approximate surface area is 157 Å². The van der Waals surface area contributed by atoms with Crippen molar-refractivity contribution >= 4 is 24.4 Å². The summed E-state index contributed by atoms with van der Waals surface area (Å²) in [5.41, 5.74) is 1.56. The molecule has 0 spiro atoms. The van der Waals surface area contributed by atoms with Crippen molar-refractivity contribution in [2.75, 3.05) is 0 Å². The van der Waals surface area contributed by atoms with Gasteiger partial charge in [0.2, 0.25) is 0 Å². The molecule has 0 aliphatic carbocycles. The normalized spacial score (nSPS) is 12.9. The second-order valence-corrected chi connectivity index (χ2v) is 4.80. The molecule has 0 saturated heterocycles. The molecule has 0 saturated carbocycles. The average molecular weight is 396 g/mol. The third-order valence-electron chi connectivity index (χ3n) is 2.80. The van der Waals surface area contributed by atoms with E-state index in [2.05, 4.69) is 20.0 Å². The van der Waals surface area contributed by atoms with Gasteiger partial charge in [0, 0.05) is 24.8 Å². The third kappa shape index (κ3) is 9.37. The number of carboxylic acid groups (broad SMARTS) is 2. The zero-order valence-corrected chi connectivity index (χ0v) is 17.0. The van der Waals surface area contributed by atoms with Crippen LogP contribution in [0.3, 0.4) is 0 Å². The van der Waals surface area contributed by atoms with Crippen molar-refractivity contribution < 1.29 is 39.3 Å². The van der Waals surface area contributed by atoms with E-state index in [4.69, 9.17) is 0 Å². The molecule has 2 heterocycles. The van der Waals surface area contributed by atoms with E-state index in [9.17, 15) is 19.8 Å². The molecule has 2 N–H and O–H groups in total. The predicted octanol–water partition coefficient (Wildman–Crippen LogP) is -0.858. The van der Waals surface area contributed by atoms with Crippen LogP contribution in [0.5, 0.6) is 0 Å². The maximum Gasteiger partial charge on any atom is 2.00 e. The van der Waals surface area contributed by atoms with Gasteiger partial charge in [-0.3, -0.25) is 9.98 Å². The molecule has 2 rings (SSSR count). The number of carboxylic acids is 2. The fourth-order valence-electron chi connectivity index (χ4n) is 1.35. The van der Waals surface area contributed by atoms with Gasteiger partial charge in [0.15, 0.2) is 0 Å². The Bertz CT molecular complexity index is 621. The first kappa shape index (κ1) is 22.5. The Morgan fingerprint density at radius 2 is 1.28 bits per heavy atom. The summed E-state index contributed by atoms with van der Waals surface area (Å²) >= 11 is 0. The van der Waals surface area contributed by atoms with Crippen LogP contribution in [-0.4, -0.2) is 46.4 Å². The summed E-state index contributed by atoms with van der Waals surface area (Å²) in [4.78, 5) is 33.7. The molecule has 0 unspecified atom stereocenters. The number of aromatic amines is 2. The first-order valence-electron chi connectivity index (χ1n) is 7.15. The summed E-state index contributed by atoms with van der Waals surface area (Å²) in [5.74, 6) is -2.34. The Morgan fingerprint density at radius 3 is 1.52 bits per heavy atom. The van der Waals surface area contributed by atoms with Gasteiger partial charge in [-0.05, 0) is 38.1 Å². The summed E-state index contributed by atoms with van der Waals surface area (Å²) in [6, 6.07) is 5.62. The smallest absolute Gasteiger partial charge is 0.548 e. The number of rotatable bonds is 6. The molecular formula is C16H18N4O4Zn. The van der Waals surface area contributed by atoms with E-state index in [1.807, 2.05) is 12.1 Å². The van der Waals surface area contributed by atoms with Gasteiger partial charge in [0.05, 0.1) is 35.4 Å². The molecule has 2 atom stereocenters. The number of hydrogen-bond donors (Lipinski definition) is 2. The van der Waals surface area contributed by atoms with Crippen LogP contribution < -0.4 is 10.2 Å². The second kappa shape index (κ2) is 11.9. The molecule has 0 fully saturated rings. The van der Waals surface area contributed by atoms with Crippen molar-refractivity contribution in [3.63, 3.8) is 0 Å². The summed E-state index contributed by atoms with van der Waals surface area (Å²) in [6.45, 7) is 2.93. The number of H-pyrrole nitrogens is 2. The molecule has 0 bridgehead atoms. The van der Waals surface area contributed by atoms with Crippen LogP contribution in [0.15, 0.2) is 46.6 Å². The Balaban J connectivity index is 0.000000443. The fraction of sp³-hybridized carbons (Fsp3) is 0.250. The maximum absolute atomic E-state index is 10.2. The molecule has 0 amide bonds. The summed E-state index contributed by atoms with van der Waals surface area (Å²) in [5, 5.41) is 20.4. The number of hydrogen-bond acceptors (Lipinski definition) is 6. The number of aromatic nitrogens is 2. The molecule has 0 aliphatic heterocycles. The minimum atomic E-state index is -1.17. The largest absolute Gasteiger partial charge is 2.00 e. The molecule has 2 aromatic rings. The zero-order chi connectivity index (χ0) is 17.9. The molecule has 9 heteroatoms. The minimum Gasteiger partial charge on any atom is -0.548 e. The van der Waals surface area contributed by atoms with Crippen molar-refractivity contribution in [3.05, 3.63) is 48.0 Å². The van der Waals surface area contributed by atoms with E-state index in [1.54, 1.807) is 24.5 Å². The monoisotopic (exact) mass is 394 g/mol. The Hall–Kier alpha value is -2.54. The van der Waals surface area contributed by atoms with Crippen LogP contribution in [0.2, 0.25) is 0 Å². The molecular weight excluding hydrogens is 378 g/mol. The number of carbonyl (C=O) groups is 2. The molecule has 128 valence electrons. The van der Waals surface area contributed by atoms with Gasteiger partial charge in [-0.25, -0.2) is 0 Å². The van der Waals surface area contributed by atoms with Crippen LogP contribution >= 0.6 is 0 Å². The van der Waals surface area contributed by atoms with Crippen molar-refractivity contribution in [2.45, 2.75) is 25.9 Å². The molecule has 2 aromatic heterocycles. The molecule has 0 aliphatic rings. The molecule has 8 nitrogen and oxygen atoms in total. The van der Waals surface area contributed by atoms with Crippen LogP contribution in [0.25, 0.3) is 0 Å². The van der Waals surface area contributed by atoms with Crippen molar-refractivity contribution in [2.24, 2.45) is 9.98 Å². The van der Waals surface area contributed by atoms with E-state index in [1.165, 1.54) is 26.3 Å². The van der Waals surface area contributed by atoms with E-state index in [0.717, 1.165) is 11.4 Å². The number of carbonyl (C=O) groups excluding carboxylic acids is 2. The number of nitrogens with zero attached hydrogens (tertiary/aromatic N) is 2. The van der Waals surface area contributed by atoms with Crippen LogP contribution in [0.1, 0.15) is 25.2 Å². The van der Waals surface area contributed by atoms with Crippen molar-refractivity contribution in [1.29, 1.82) is 0 Å². The van der Waals surface area contributed by atoms with E-state index in [-0.39, 0.29) is 19.5 Å². The first-order chi connectivity index (χ1) is 11.4. The van der Waals surface area contributed by atoms with Gasteiger partial charge >= 0.3 is 19.5 Å². The summed E-state index contributed by atoms with van der Waals surface area (Å²) in [6.07, 6.45) is 6.43. The summed E-state index contributed by atoms with van der Waals surface area (Å²) < 4.78 is 0. The van der Waals surface area contributed by atoms with Gasteiger partial charge in [-0.2, -0.15) is 0 Å². The first-order valence-corrected chi connectivity index (χ1v) is 7.15. The maximum atomic E-state index is 10.2. The van der Waals surface area contributed by atoms with Gasteiger partial charge in [-0.15, -0.1) is 0 Å². The van der Waals surface area contributed by atoms with Gasteiger partial charge < -0.3 is 29.8 Å². The number of nitrogens with one attached hydrogen (secondary N) is 2. The Morgan fingerprint density at radius 1 is 0.920 bits per heavy atom. The third-order valence-corrected chi connectivity index (χ3v) is 2.80. The van der Waals surface area contributed by atoms with Gasteiger partial charge in [-0.1, -0.05) is 0 Å².